The summed E-state index contributed by atoms with van der Waals surface area (Å²) >= 11 is 0. The first-order valence-corrected chi connectivity index (χ1v) is 18.3. The summed E-state index contributed by atoms with van der Waals surface area (Å²) in [6.45, 7) is 0. The smallest absolute Gasteiger partial charge is 0.220 e. The highest BCUT2D eigenvalue weighted by Crippen LogP contribution is 2.39. The summed E-state index contributed by atoms with van der Waals surface area (Å²) in [4.78, 5) is 5.19. The van der Waals surface area contributed by atoms with Crippen LogP contribution in [0.2, 0.25) is 0 Å². The molecule has 12 aromatic rings. The van der Waals surface area contributed by atoms with Gasteiger partial charge in [-0.05, 0) is 89.5 Å². The molecule has 5 nitrogen and oxygen atoms in total. The van der Waals surface area contributed by atoms with Crippen LogP contribution in [0.4, 0.5) is 0 Å². The van der Waals surface area contributed by atoms with Gasteiger partial charge in [-0.1, -0.05) is 109 Å². The van der Waals surface area contributed by atoms with Crippen molar-refractivity contribution >= 4 is 71.6 Å². The zero-order chi connectivity index (χ0) is 35.3. The summed E-state index contributed by atoms with van der Waals surface area (Å²) < 4.78 is 13.3. The van der Waals surface area contributed by atoms with Gasteiger partial charge in [0.1, 0.15) is 11.2 Å². The maximum atomic E-state index is 6.38. The summed E-state index contributed by atoms with van der Waals surface area (Å²) in [7, 11) is 0. The highest BCUT2D eigenvalue weighted by Gasteiger charge is 2.20. The summed E-state index contributed by atoms with van der Waals surface area (Å²) in [5, 5.41) is 4.75. The highest BCUT2D eigenvalue weighted by molar-refractivity contribution is 6.11. The maximum absolute atomic E-state index is 6.38. The number of para-hydroxylation sites is 6. The monoisotopic (exact) mass is 690 g/mol. The lowest BCUT2D eigenvalue weighted by atomic mass is 10.0. The second-order valence-electron chi connectivity index (χ2n) is 14.0. The van der Waals surface area contributed by atoms with Crippen LogP contribution in [0.5, 0.6) is 0 Å². The molecule has 0 saturated carbocycles. The van der Waals surface area contributed by atoms with Gasteiger partial charge in [-0.3, -0.25) is 8.97 Å². The van der Waals surface area contributed by atoms with Crippen LogP contribution in [0.25, 0.3) is 105 Å². The van der Waals surface area contributed by atoms with E-state index in [-0.39, 0.29) is 0 Å². The van der Waals surface area contributed by atoms with Gasteiger partial charge in [-0.25, -0.2) is 4.98 Å². The molecule has 0 aliphatic rings. The molecular weight excluding hydrogens is 661 g/mol. The molecule has 0 unspecified atom stereocenters. The third-order valence-corrected chi connectivity index (χ3v) is 11.1. The molecule has 8 aromatic carbocycles. The van der Waals surface area contributed by atoms with Gasteiger partial charge in [-0.15, -0.1) is 0 Å². The molecule has 252 valence electrons. The van der Waals surface area contributed by atoms with E-state index in [9.17, 15) is 0 Å². The van der Waals surface area contributed by atoms with Crippen LogP contribution < -0.4 is 0 Å². The topological polar surface area (TPSA) is 40.3 Å². The molecule has 54 heavy (non-hydrogen) atoms. The van der Waals surface area contributed by atoms with E-state index in [4.69, 9.17) is 9.40 Å². The van der Waals surface area contributed by atoms with E-state index in [1.807, 2.05) is 12.1 Å². The molecule has 4 aromatic heterocycles. The number of hydrogen-bond acceptors (Lipinski definition) is 2. The van der Waals surface area contributed by atoms with Crippen molar-refractivity contribution in [3.63, 3.8) is 0 Å². The lowest BCUT2D eigenvalue weighted by Crippen LogP contribution is -1.95. The Hall–Kier alpha value is -7.37. The van der Waals surface area contributed by atoms with Gasteiger partial charge in [0.25, 0.3) is 0 Å². The number of benzene rings is 8. The lowest BCUT2D eigenvalue weighted by Gasteiger charge is -2.09. The zero-order valence-corrected chi connectivity index (χ0v) is 29.0. The summed E-state index contributed by atoms with van der Waals surface area (Å²) in [5.74, 6) is 0.886. The predicted molar refractivity (Wildman–Crippen MR) is 222 cm³/mol. The second-order valence-corrected chi connectivity index (χ2v) is 14.0. The van der Waals surface area contributed by atoms with Crippen molar-refractivity contribution in [3.8, 4) is 33.6 Å². The fourth-order valence-corrected chi connectivity index (χ4v) is 8.61. The first-order chi connectivity index (χ1) is 26.8. The van der Waals surface area contributed by atoms with Crippen molar-refractivity contribution in [3.05, 3.63) is 182 Å². The van der Waals surface area contributed by atoms with Crippen LogP contribution in [-0.2, 0) is 0 Å². The Morgan fingerprint density at radius 1 is 0.389 bits per heavy atom. The van der Waals surface area contributed by atoms with Crippen LogP contribution >= 0.6 is 0 Å². The highest BCUT2D eigenvalue weighted by atomic mass is 16.3. The Balaban J connectivity index is 1.03. The molecule has 5 heteroatoms. The van der Waals surface area contributed by atoms with E-state index in [0.29, 0.717) is 0 Å². The number of imidazole rings is 2. The van der Waals surface area contributed by atoms with Crippen LogP contribution in [0.3, 0.4) is 0 Å². The molecule has 0 bridgehead atoms. The number of fused-ring (bicyclic) bond motifs is 11. The quantitative estimate of drug-likeness (QED) is 0.184. The maximum Gasteiger partial charge on any atom is 0.220 e. The molecule has 12 rings (SSSR count). The largest absolute Gasteiger partial charge is 0.455 e. The standard InChI is InChI=1S/C49H30N4O/c1-2-11-34(12-3-1)51-42-18-7-4-13-37(42)40-29-32(23-27-43(40)51)33-24-28-45-46(30-33)53-44-19-8-6-17-41(44)50-49(53)52(45)35-25-21-31(22-26-35)36-15-10-16-39-38-14-5-9-20-47(38)54-48(36)39/h1-30H. The van der Waals surface area contributed by atoms with Gasteiger partial charge in [0, 0.05) is 38.5 Å². The average Bonchev–Trinajstić information content (AvgIpc) is 3.98. The number of aromatic nitrogens is 4. The van der Waals surface area contributed by atoms with Gasteiger partial charge in [-0.2, -0.15) is 0 Å². The molecule has 4 heterocycles. The SMILES string of the molecule is c1ccc(-n2c3ccccc3c3cc(-c4ccc5c(c4)n4c6ccccc6nc4n5-c4ccc(-c5cccc6c5oc5ccccc56)cc4)ccc32)cc1. The molecule has 0 saturated heterocycles. The molecule has 0 radical (unpaired) electrons. The van der Waals surface area contributed by atoms with Gasteiger partial charge in [0.15, 0.2) is 0 Å². The molecule has 0 spiro atoms. The third kappa shape index (κ3) is 4.12. The summed E-state index contributed by atoms with van der Waals surface area (Å²) in [6.07, 6.45) is 0. The molecular formula is C49H30N4O. The minimum Gasteiger partial charge on any atom is -0.455 e. The van der Waals surface area contributed by atoms with Crippen LogP contribution in [-0.4, -0.2) is 18.5 Å². The Kier molecular flexibility index (Phi) is 5.99. The normalized spacial score (nSPS) is 12.1. The van der Waals surface area contributed by atoms with E-state index in [2.05, 4.69) is 183 Å². The second kappa shape index (κ2) is 11.1. The first-order valence-electron chi connectivity index (χ1n) is 18.3. The molecule has 0 N–H and O–H groups in total. The molecule has 0 atom stereocenters. The number of nitrogens with zero attached hydrogens (tertiary/aromatic N) is 4. The number of rotatable bonds is 4. The van der Waals surface area contributed by atoms with Gasteiger partial charge in [0.05, 0.1) is 33.1 Å². The van der Waals surface area contributed by atoms with E-state index >= 15 is 0 Å². The summed E-state index contributed by atoms with van der Waals surface area (Å²) in [5.41, 5.74) is 15.2. The lowest BCUT2D eigenvalue weighted by molar-refractivity contribution is 0.670. The van der Waals surface area contributed by atoms with Crippen molar-refractivity contribution in [1.29, 1.82) is 0 Å². The Bertz CT molecular complexity index is 3430. The average molecular weight is 691 g/mol. The summed E-state index contributed by atoms with van der Waals surface area (Å²) in [6, 6.07) is 64.8. The molecule has 0 fully saturated rings. The van der Waals surface area contributed by atoms with Crippen molar-refractivity contribution in [2.24, 2.45) is 0 Å². The Morgan fingerprint density at radius 2 is 1.04 bits per heavy atom. The molecule has 0 aliphatic carbocycles. The fraction of sp³-hybridized carbons (Fsp3) is 0. The first kappa shape index (κ1) is 29.2. The van der Waals surface area contributed by atoms with Gasteiger partial charge in [0.2, 0.25) is 5.78 Å². The Labute approximate surface area is 309 Å². The van der Waals surface area contributed by atoms with E-state index < -0.39 is 0 Å². The van der Waals surface area contributed by atoms with E-state index in [1.165, 1.54) is 27.4 Å². The third-order valence-electron chi connectivity index (χ3n) is 11.1. The minimum absolute atomic E-state index is 0.886. The predicted octanol–water partition coefficient (Wildman–Crippen LogP) is 12.8. The van der Waals surface area contributed by atoms with Crippen LogP contribution in [0, 0.1) is 0 Å². The van der Waals surface area contributed by atoms with Crippen molar-refractivity contribution in [2.45, 2.75) is 0 Å². The molecule has 0 aliphatic heterocycles. The Morgan fingerprint density at radius 3 is 1.91 bits per heavy atom. The fourth-order valence-electron chi connectivity index (χ4n) is 8.61. The zero-order valence-electron chi connectivity index (χ0n) is 29.0. The van der Waals surface area contributed by atoms with Crippen LogP contribution in [0.1, 0.15) is 0 Å². The minimum atomic E-state index is 0.886. The number of hydrogen-bond donors (Lipinski definition) is 0. The number of furan rings is 1. The van der Waals surface area contributed by atoms with Gasteiger partial charge < -0.3 is 8.98 Å². The van der Waals surface area contributed by atoms with Crippen molar-refractivity contribution in [2.75, 3.05) is 0 Å². The van der Waals surface area contributed by atoms with Crippen molar-refractivity contribution < 1.29 is 4.42 Å². The molecule has 0 amide bonds. The van der Waals surface area contributed by atoms with Crippen LogP contribution in [0.15, 0.2) is 186 Å². The van der Waals surface area contributed by atoms with E-state index in [1.54, 1.807) is 0 Å². The van der Waals surface area contributed by atoms with Gasteiger partial charge >= 0.3 is 0 Å². The van der Waals surface area contributed by atoms with E-state index in [0.717, 1.165) is 77.8 Å². The van der Waals surface area contributed by atoms with Crippen molar-refractivity contribution in [1.82, 2.24) is 18.5 Å².